The Morgan fingerprint density at radius 3 is 1.81 bits per heavy atom. The van der Waals surface area contributed by atoms with Crippen LogP contribution in [0.1, 0.15) is 99.8 Å². The topological polar surface area (TPSA) is 0 Å². The number of benzene rings is 1. The fourth-order valence-corrected chi connectivity index (χ4v) is 3.34. The van der Waals surface area contributed by atoms with Crippen LogP contribution in [-0.4, -0.2) is 0 Å². The Kier molecular flexibility index (Phi) is 8.73. The van der Waals surface area contributed by atoms with Crippen LogP contribution in [0.3, 0.4) is 0 Å². The minimum Gasteiger partial charge on any atom is -0.0654 e. The molecule has 0 heterocycles. The molecular formula is C21H36. The van der Waals surface area contributed by atoms with Crippen molar-refractivity contribution in [2.45, 2.75) is 98.3 Å². The van der Waals surface area contributed by atoms with E-state index in [0.717, 1.165) is 5.92 Å². The molecule has 0 aromatic heterocycles. The second kappa shape index (κ2) is 10.0. The fourth-order valence-electron chi connectivity index (χ4n) is 3.34. The lowest BCUT2D eigenvalue weighted by Crippen LogP contribution is -2.03. The van der Waals surface area contributed by atoms with Gasteiger partial charge in [-0.3, -0.25) is 0 Å². The molecule has 0 saturated carbocycles. The maximum atomic E-state index is 2.47. The lowest BCUT2D eigenvalue weighted by Gasteiger charge is -2.21. The van der Waals surface area contributed by atoms with E-state index < -0.39 is 0 Å². The largest absolute Gasteiger partial charge is 0.0654 e. The molecule has 120 valence electrons. The van der Waals surface area contributed by atoms with Gasteiger partial charge in [-0.25, -0.2) is 0 Å². The van der Waals surface area contributed by atoms with Crippen molar-refractivity contribution < 1.29 is 0 Å². The van der Waals surface area contributed by atoms with E-state index in [4.69, 9.17) is 0 Å². The number of hydrogen-bond donors (Lipinski definition) is 0. The van der Waals surface area contributed by atoms with Gasteiger partial charge in [0.25, 0.3) is 0 Å². The molecule has 0 aliphatic rings. The third-order valence-corrected chi connectivity index (χ3v) is 4.88. The van der Waals surface area contributed by atoms with Crippen molar-refractivity contribution in [3.8, 4) is 0 Å². The lowest BCUT2D eigenvalue weighted by molar-refractivity contribution is 0.499. The molecule has 1 aromatic rings. The van der Waals surface area contributed by atoms with Crippen molar-refractivity contribution in [1.82, 2.24) is 0 Å². The van der Waals surface area contributed by atoms with E-state index in [1.54, 1.807) is 5.56 Å². The van der Waals surface area contributed by atoms with Crippen LogP contribution in [0.25, 0.3) is 0 Å². The first kappa shape index (κ1) is 18.3. The quantitative estimate of drug-likeness (QED) is 0.398. The van der Waals surface area contributed by atoms with Crippen molar-refractivity contribution in [2.24, 2.45) is 0 Å². The summed E-state index contributed by atoms with van der Waals surface area (Å²) < 4.78 is 0. The van der Waals surface area contributed by atoms with Gasteiger partial charge in [-0.05, 0) is 61.8 Å². The third kappa shape index (κ3) is 6.24. The third-order valence-electron chi connectivity index (χ3n) is 4.88. The zero-order valence-electron chi connectivity index (χ0n) is 15.1. The number of aryl methyl sites for hydroxylation is 3. The van der Waals surface area contributed by atoms with Crippen molar-refractivity contribution in [2.75, 3.05) is 0 Å². The molecule has 1 aromatic carbocycles. The zero-order valence-corrected chi connectivity index (χ0v) is 15.1. The number of rotatable bonds is 10. The maximum absolute atomic E-state index is 2.47. The first-order chi connectivity index (χ1) is 10.1. The predicted molar refractivity (Wildman–Crippen MR) is 96.3 cm³/mol. The van der Waals surface area contributed by atoms with Crippen LogP contribution in [-0.2, 0) is 0 Å². The summed E-state index contributed by atoms with van der Waals surface area (Å²) in [7, 11) is 0. The van der Waals surface area contributed by atoms with Gasteiger partial charge in [0, 0.05) is 0 Å². The molecule has 0 N–H and O–H groups in total. The molecular weight excluding hydrogens is 252 g/mol. The van der Waals surface area contributed by atoms with Crippen molar-refractivity contribution in [3.05, 3.63) is 34.4 Å². The van der Waals surface area contributed by atoms with Crippen LogP contribution in [0, 0.1) is 20.8 Å². The average molecular weight is 289 g/mol. The second-order valence-corrected chi connectivity index (χ2v) is 6.84. The highest BCUT2D eigenvalue weighted by molar-refractivity contribution is 5.38. The van der Waals surface area contributed by atoms with Crippen molar-refractivity contribution in [3.63, 3.8) is 0 Å². The second-order valence-electron chi connectivity index (χ2n) is 6.84. The van der Waals surface area contributed by atoms with E-state index in [-0.39, 0.29) is 0 Å². The molecule has 1 rings (SSSR count). The lowest BCUT2D eigenvalue weighted by atomic mass is 9.84. The van der Waals surface area contributed by atoms with Gasteiger partial charge in [0.05, 0.1) is 0 Å². The first-order valence-electron chi connectivity index (χ1n) is 9.17. The first-order valence-corrected chi connectivity index (χ1v) is 9.17. The summed E-state index contributed by atoms with van der Waals surface area (Å²) in [5.74, 6) is 0.785. The van der Waals surface area contributed by atoms with E-state index in [1.165, 1.54) is 74.5 Å². The van der Waals surface area contributed by atoms with E-state index >= 15 is 0 Å². The monoisotopic (exact) mass is 288 g/mol. The van der Waals surface area contributed by atoms with E-state index in [1.807, 2.05) is 0 Å². The summed E-state index contributed by atoms with van der Waals surface area (Å²) in [4.78, 5) is 0. The molecule has 1 unspecified atom stereocenters. The highest BCUT2D eigenvalue weighted by atomic mass is 14.2. The van der Waals surface area contributed by atoms with Crippen LogP contribution in [0.15, 0.2) is 12.1 Å². The molecule has 21 heavy (non-hydrogen) atoms. The van der Waals surface area contributed by atoms with E-state index in [2.05, 4.69) is 46.8 Å². The molecule has 0 saturated heterocycles. The molecule has 0 aliphatic heterocycles. The van der Waals surface area contributed by atoms with Gasteiger partial charge >= 0.3 is 0 Å². The van der Waals surface area contributed by atoms with Gasteiger partial charge in [-0.2, -0.15) is 0 Å². The predicted octanol–water partition coefficient (Wildman–Crippen LogP) is 7.25. The summed E-state index contributed by atoms with van der Waals surface area (Å²) in [5, 5.41) is 0. The summed E-state index contributed by atoms with van der Waals surface area (Å²) >= 11 is 0. The van der Waals surface area contributed by atoms with E-state index in [9.17, 15) is 0 Å². The van der Waals surface area contributed by atoms with Crippen LogP contribution in [0.4, 0.5) is 0 Å². The van der Waals surface area contributed by atoms with Gasteiger partial charge in [-0.15, -0.1) is 0 Å². The Hall–Kier alpha value is -0.780. The van der Waals surface area contributed by atoms with Gasteiger partial charge in [0.2, 0.25) is 0 Å². The molecule has 0 aliphatic carbocycles. The van der Waals surface area contributed by atoms with Crippen LogP contribution in [0.2, 0.25) is 0 Å². The Bertz CT molecular complexity index is 403. The smallest absolute Gasteiger partial charge is 0.0159 e. The summed E-state index contributed by atoms with van der Waals surface area (Å²) in [5.41, 5.74) is 6.04. The van der Waals surface area contributed by atoms with Crippen LogP contribution in [0.5, 0.6) is 0 Å². The van der Waals surface area contributed by atoms with Gasteiger partial charge < -0.3 is 0 Å². The minimum atomic E-state index is 0.785. The molecule has 0 nitrogen and oxygen atoms in total. The molecule has 0 amide bonds. The maximum Gasteiger partial charge on any atom is -0.0159 e. The normalized spacial score (nSPS) is 12.6. The van der Waals surface area contributed by atoms with Crippen LogP contribution >= 0.6 is 0 Å². The van der Waals surface area contributed by atoms with Crippen molar-refractivity contribution in [1.29, 1.82) is 0 Å². The Morgan fingerprint density at radius 2 is 1.19 bits per heavy atom. The van der Waals surface area contributed by atoms with Crippen LogP contribution < -0.4 is 0 Å². The highest BCUT2D eigenvalue weighted by Crippen LogP contribution is 2.32. The summed E-state index contributed by atoms with van der Waals surface area (Å²) in [6.07, 6.45) is 12.4. The molecule has 1 atom stereocenters. The molecule has 0 radical (unpaired) electrons. The molecule has 0 spiro atoms. The number of unbranched alkanes of at least 4 members (excludes halogenated alkanes) is 5. The van der Waals surface area contributed by atoms with Gasteiger partial charge in [0.15, 0.2) is 0 Å². The fraction of sp³-hybridized carbons (Fsp3) is 0.714. The van der Waals surface area contributed by atoms with Gasteiger partial charge in [0.1, 0.15) is 0 Å². The van der Waals surface area contributed by atoms with Gasteiger partial charge in [-0.1, -0.05) is 70.9 Å². The highest BCUT2D eigenvalue weighted by Gasteiger charge is 2.14. The summed E-state index contributed by atoms with van der Waals surface area (Å²) in [6, 6.07) is 4.87. The Morgan fingerprint density at radius 1 is 0.667 bits per heavy atom. The Balaban J connectivity index is 2.76. The minimum absolute atomic E-state index is 0.785. The molecule has 0 bridgehead atoms. The van der Waals surface area contributed by atoms with Crippen molar-refractivity contribution >= 4 is 0 Å². The molecule has 0 fully saturated rings. The zero-order chi connectivity index (χ0) is 15.7. The number of hydrogen-bond acceptors (Lipinski definition) is 0. The standard InChI is InChI=1S/C21H36/c1-6-8-10-12-14-20(13-11-9-7-2)21-16-18(4)17(3)15-19(21)5/h15-16,20H,6-14H2,1-5H3. The summed E-state index contributed by atoms with van der Waals surface area (Å²) in [6.45, 7) is 11.4. The SMILES string of the molecule is CCCCCCC(CCCCC)c1cc(C)c(C)cc1C. The van der Waals surface area contributed by atoms with E-state index in [0.29, 0.717) is 0 Å². The average Bonchev–Trinajstić information content (AvgIpc) is 2.46. The Labute approximate surface area is 133 Å². The molecule has 0 heteroatoms.